The second-order valence-corrected chi connectivity index (χ2v) is 5.67. The standard InChI is InChI=1S/C17H19Cl2NO/c1-3-21-11-13-6-4-5-7-17(13)20-12(2)15-9-8-14(18)10-16(15)19/h4-10,12,20H,3,11H2,1-2H3. The van der Waals surface area contributed by atoms with Crippen LogP contribution in [0.3, 0.4) is 0 Å². The first-order valence-corrected chi connectivity index (χ1v) is 7.74. The van der Waals surface area contributed by atoms with Gasteiger partial charge in [-0.15, -0.1) is 0 Å². The van der Waals surface area contributed by atoms with Crippen molar-refractivity contribution in [3.63, 3.8) is 0 Å². The minimum absolute atomic E-state index is 0.0811. The lowest BCUT2D eigenvalue weighted by atomic mass is 10.1. The molecule has 21 heavy (non-hydrogen) atoms. The summed E-state index contributed by atoms with van der Waals surface area (Å²) in [5.74, 6) is 0. The molecule has 0 aromatic heterocycles. The molecule has 1 atom stereocenters. The van der Waals surface area contributed by atoms with Crippen LogP contribution in [-0.2, 0) is 11.3 Å². The van der Waals surface area contributed by atoms with Gasteiger partial charge in [0, 0.05) is 27.9 Å². The highest BCUT2D eigenvalue weighted by Gasteiger charge is 2.11. The Hall–Kier alpha value is -1.22. The van der Waals surface area contributed by atoms with Crippen molar-refractivity contribution in [2.24, 2.45) is 0 Å². The first-order chi connectivity index (χ1) is 10.1. The summed E-state index contributed by atoms with van der Waals surface area (Å²) in [6.07, 6.45) is 0. The van der Waals surface area contributed by atoms with Crippen molar-refractivity contribution in [2.45, 2.75) is 26.5 Å². The van der Waals surface area contributed by atoms with Crippen molar-refractivity contribution < 1.29 is 4.74 Å². The van der Waals surface area contributed by atoms with Crippen LogP contribution in [0, 0.1) is 0 Å². The van der Waals surface area contributed by atoms with Gasteiger partial charge in [0.1, 0.15) is 0 Å². The van der Waals surface area contributed by atoms with Gasteiger partial charge in [-0.1, -0.05) is 47.5 Å². The zero-order chi connectivity index (χ0) is 15.2. The van der Waals surface area contributed by atoms with Crippen molar-refractivity contribution >= 4 is 28.9 Å². The molecule has 2 aromatic rings. The third-order valence-electron chi connectivity index (χ3n) is 3.28. The molecule has 0 radical (unpaired) electrons. The number of hydrogen-bond acceptors (Lipinski definition) is 2. The van der Waals surface area contributed by atoms with Crippen molar-refractivity contribution in [2.75, 3.05) is 11.9 Å². The highest BCUT2D eigenvalue weighted by atomic mass is 35.5. The van der Waals surface area contributed by atoms with Gasteiger partial charge >= 0.3 is 0 Å². The number of nitrogens with one attached hydrogen (secondary N) is 1. The molecule has 2 aromatic carbocycles. The maximum Gasteiger partial charge on any atom is 0.0736 e. The monoisotopic (exact) mass is 323 g/mol. The second kappa shape index (κ2) is 7.69. The summed E-state index contributed by atoms with van der Waals surface area (Å²) in [7, 11) is 0. The van der Waals surface area contributed by atoms with Gasteiger partial charge in [0.15, 0.2) is 0 Å². The summed E-state index contributed by atoms with van der Waals surface area (Å²) in [6, 6.07) is 13.8. The maximum absolute atomic E-state index is 6.26. The van der Waals surface area contributed by atoms with Crippen LogP contribution in [-0.4, -0.2) is 6.61 Å². The molecular weight excluding hydrogens is 305 g/mol. The zero-order valence-electron chi connectivity index (χ0n) is 12.2. The molecular formula is C17H19Cl2NO. The fraction of sp³-hybridized carbons (Fsp3) is 0.294. The number of hydrogen-bond donors (Lipinski definition) is 1. The molecule has 112 valence electrons. The van der Waals surface area contributed by atoms with E-state index in [4.69, 9.17) is 27.9 Å². The molecule has 0 saturated carbocycles. The van der Waals surface area contributed by atoms with Gasteiger partial charge < -0.3 is 10.1 Å². The average Bonchev–Trinajstić information content (AvgIpc) is 2.46. The molecule has 4 heteroatoms. The van der Waals surface area contributed by atoms with E-state index in [2.05, 4.69) is 24.4 Å². The van der Waals surface area contributed by atoms with Gasteiger partial charge in [0.05, 0.1) is 12.6 Å². The maximum atomic E-state index is 6.26. The van der Waals surface area contributed by atoms with Gasteiger partial charge in [-0.05, 0) is 37.6 Å². The molecule has 0 spiro atoms. The molecule has 0 heterocycles. The molecule has 0 aliphatic rings. The van der Waals surface area contributed by atoms with Crippen LogP contribution >= 0.6 is 23.2 Å². The summed E-state index contributed by atoms with van der Waals surface area (Å²) in [5, 5.41) is 4.81. The summed E-state index contributed by atoms with van der Waals surface area (Å²) >= 11 is 12.2. The Labute approximate surface area is 136 Å². The molecule has 2 rings (SSSR count). The fourth-order valence-corrected chi connectivity index (χ4v) is 2.73. The van der Waals surface area contributed by atoms with E-state index in [1.165, 1.54) is 0 Å². The summed E-state index contributed by atoms with van der Waals surface area (Å²) in [5.41, 5.74) is 3.22. The summed E-state index contributed by atoms with van der Waals surface area (Å²) in [6.45, 7) is 5.37. The molecule has 0 fully saturated rings. The van der Waals surface area contributed by atoms with Crippen LogP contribution in [0.2, 0.25) is 10.0 Å². The third-order valence-corrected chi connectivity index (χ3v) is 3.84. The van der Waals surface area contributed by atoms with E-state index in [1.807, 2.05) is 31.2 Å². The quantitative estimate of drug-likeness (QED) is 0.735. The molecule has 2 nitrogen and oxygen atoms in total. The van der Waals surface area contributed by atoms with Crippen LogP contribution in [0.25, 0.3) is 0 Å². The van der Waals surface area contributed by atoms with E-state index in [9.17, 15) is 0 Å². The van der Waals surface area contributed by atoms with Gasteiger partial charge in [-0.3, -0.25) is 0 Å². The van der Waals surface area contributed by atoms with Gasteiger partial charge in [0.2, 0.25) is 0 Å². The Balaban J connectivity index is 2.17. The molecule has 0 bridgehead atoms. The molecule has 1 N–H and O–H groups in total. The average molecular weight is 324 g/mol. The molecule has 0 aliphatic carbocycles. The minimum Gasteiger partial charge on any atom is -0.378 e. The van der Waals surface area contributed by atoms with Crippen molar-refractivity contribution in [1.82, 2.24) is 0 Å². The van der Waals surface area contributed by atoms with Gasteiger partial charge in [0.25, 0.3) is 0 Å². The van der Waals surface area contributed by atoms with E-state index in [1.54, 1.807) is 6.07 Å². The van der Waals surface area contributed by atoms with Crippen LogP contribution in [0.5, 0.6) is 0 Å². The topological polar surface area (TPSA) is 21.3 Å². The number of ether oxygens (including phenoxy) is 1. The summed E-state index contributed by atoms with van der Waals surface area (Å²) < 4.78 is 5.50. The first kappa shape index (κ1) is 16.2. The Morgan fingerprint density at radius 1 is 1.14 bits per heavy atom. The lowest BCUT2D eigenvalue weighted by Crippen LogP contribution is -2.09. The summed E-state index contributed by atoms with van der Waals surface area (Å²) in [4.78, 5) is 0. The lowest BCUT2D eigenvalue weighted by Gasteiger charge is -2.19. The number of para-hydroxylation sites is 1. The minimum atomic E-state index is 0.0811. The molecule has 0 amide bonds. The Kier molecular flexibility index (Phi) is 5.92. The fourth-order valence-electron chi connectivity index (χ4n) is 2.16. The van der Waals surface area contributed by atoms with Crippen molar-refractivity contribution in [3.8, 4) is 0 Å². The van der Waals surface area contributed by atoms with E-state index < -0.39 is 0 Å². The number of halogens is 2. The first-order valence-electron chi connectivity index (χ1n) is 6.99. The predicted octanol–water partition coefficient (Wildman–Crippen LogP) is 5.70. The van der Waals surface area contributed by atoms with Crippen LogP contribution in [0.1, 0.15) is 31.0 Å². The van der Waals surface area contributed by atoms with E-state index >= 15 is 0 Å². The molecule has 0 saturated heterocycles. The normalized spacial score (nSPS) is 12.2. The SMILES string of the molecule is CCOCc1ccccc1NC(C)c1ccc(Cl)cc1Cl. The number of anilines is 1. The Morgan fingerprint density at radius 3 is 2.62 bits per heavy atom. The third kappa shape index (κ3) is 4.37. The van der Waals surface area contributed by atoms with Gasteiger partial charge in [-0.25, -0.2) is 0 Å². The highest BCUT2D eigenvalue weighted by molar-refractivity contribution is 6.35. The Morgan fingerprint density at radius 2 is 1.90 bits per heavy atom. The Bertz CT molecular complexity index is 601. The van der Waals surface area contributed by atoms with E-state index in [0.29, 0.717) is 23.3 Å². The van der Waals surface area contributed by atoms with Crippen LogP contribution in [0.4, 0.5) is 5.69 Å². The van der Waals surface area contributed by atoms with Crippen molar-refractivity contribution in [1.29, 1.82) is 0 Å². The number of rotatable bonds is 6. The second-order valence-electron chi connectivity index (χ2n) is 4.83. The van der Waals surface area contributed by atoms with E-state index in [0.717, 1.165) is 16.8 Å². The number of benzene rings is 2. The smallest absolute Gasteiger partial charge is 0.0736 e. The zero-order valence-corrected chi connectivity index (χ0v) is 13.7. The van der Waals surface area contributed by atoms with Gasteiger partial charge in [-0.2, -0.15) is 0 Å². The largest absolute Gasteiger partial charge is 0.378 e. The lowest BCUT2D eigenvalue weighted by molar-refractivity contribution is 0.134. The van der Waals surface area contributed by atoms with Crippen molar-refractivity contribution in [3.05, 3.63) is 63.6 Å². The molecule has 0 aliphatic heterocycles. The van der Waals surface area contributed by atoms with Crippen LogP contribution < -0.4 is 5.32 Å². The van der Waals surface area contributed by atoms with Crippen LogP contribution in [0.15, 0.2) is 42.5 Å². The van der Waals surface area contributed by atoms with E-state index in [-0.39, 0.29) is 6.04 Å². The predicted molar refractivity (Wildman–Crippen MR) is 90.3 cm³/mol. The molecule has 1 unspecified atom stereocenters. The highest BCUT2D eigenvalue weighted by Crippen LogP contribution is 2.29.